The molecule has 1 aromatic carbocycles. The van der Waals surface area contributed by atoms with Gasteiger partial charge < -0.3 is 4.74 Å². The summed E-state index contributed by atoms with van der Waals surface area (Å²) in [5.41, 5.74) is 0.674. The van der Waals surface area contributed by atoms with Gasteiger partial charge >= 0.3 is 0 Å². The number of aromatic nitrogens is 2. The molecule has 0 aliphatic carbocycles. The van der Waals surface area contributed by atoms with Gasteiger partial charge in [0.25, 0.3) is 5.56 Å². The molecule has 2 rings (SSSR count). The summed E-state index contributed by atoms with van der Waals surface area (Å²) in [5, 5.41) is 0.635. The summed E-state index contributed by atoms with van der Waals surface area (Å²) in [5.74, 6) is 0.849. The van der Waals surface area contributed by atoms with Crippen molar-refractivity contribution in [2.75, 3.05) is 13.2 Å². The van der Waals surface area contributed by atoms with Crippen LogP contribution in [0.25, 0.3) is 10.9 Å². The Balaban J connectivity index is 2.22. The molecule has 5 heteroatoms. The molecule has 0 aliphatic rings. The van der Waals surface area contributed by atoms with Gasteiger partial charge in [0.1, 0.15) is 5.82 Å². The zero-order valence-electron chi connectivity index (χ0n) is 11.6. The summed E-state index contributed by atoms with van der Waals surface area (Å²) in [6.07, 6.45) is 1.79. The number of nitrogens with zero attached hydrogens (tertiary/aromatic N) is 2. The Hall–Kier alpha value is -1.39. The summed E-state index contributed by atoms with van der Waals surface area (Å²) < 4.78 is 7.09. The quantitative estimate of drug-likeness (QED) is 0.582. The summed E-state index contributed by atoms with van der Waals surface area (Å²) in [6, 6.07) is 7.35. The first-order valence-corrected chi connectivity index (χ1v) is 7.43. The van der Waals surface area contributed by atoms with Crippen LogP contribution in [0, 0.1) is 0 Å². The molecule has 0 fully saturated rings. The monoisotopic (exact) mass is 294 g/mol. The third-order valence-electron chi connectivity index (χ3n) is 3.08. The van der Waals surface area contributed by atoms with Crippen LogP contribution >= 0.6 is 11.6 Å². The van der Waals surface area contributed by atoms with Crippen LogP contribution in [0.1, 0.15) is 25.6 Å². The zero-order valence-corrected chi connectivity index (χ0v) is 12.4. The fourth-order valence-electron chi connectivity index (χ4n) is 2.12. The lowest BCUT2D eigenvalue weighted by molar-refractivity contribution is 0.129. The lowest BCUT2D eigenvalue weighted by Gasteiger charge is -2.11. The number of hydrogen-bond donors (Lipinski definition) is 0. The predicted octanol–water partition coefficient (Wildman–Crippen LogP) is 2.95. The predicted molar refractivity (Wildman–Crippen MR) is 81.3 cm³/mol. The molecule has 4 nitrogen and oxygen atoms in total. The van der Waals surface area contributed by atoms with Crippen molar-refractivity contribution in [1.29, 1.82) is 0 Å². The van der Waals surface area contributed by atoms with E-state index in [1.807, 2.05) is 18.2 Å². The molecule has 0 saturated carbocycles. The molecule has 1 aromatic heterocycles. The second kappa shape index (κ2) is 7.41. The maximum absolute atomic E-state index is 12.5. The van der Waals surface area contributed by atoms with Gasteiger partial charge in [-0.05, 0) is 25.0 Å². The fourth-order valence-corrected chi connectivity index (χ4v) is 2.32. The number of benzene rings is 1. The van der Waals surface area contributed by atoms with Crippen molar-refractivity contribution in [3.8, 4) is 0 Å². The van der Waals surface area contributed by atoms with Gasteiger partial charge in [0.05, 0.1) is 16.8 Å². The zero-order chi connectivity index (χ0) is 14.4. The molecular formula is C15H19ClN2O2. The lowest BCUT2D eigenvalue weighted by atomic mass is 10.2. The molecule has 0 unspecified atom stereocenters. The van der Waals surface area contributed by atoms with E-state index in [-0.39, 0.29) is 11.4 Å². The molecule has 0 N–H and O–H groups in total. The SMILES string of the molecule is CCCOCCCn1c(CCl)nc2ccccc2c1=O. The standard InChI is InChI=1S/C15H19ClN2O2/c1-2-9-20-10-5-8-18-14(11-16)17-13-7-4-3-6-12(13)15(18)19/h3-4,6-7H,2,5,8-11H2,1H3. The number of halogens is 1. The first-order valence-electron chi connectivity index (χ1n) is 6.90. The van der Waals surface area contributed by atoms with Crippen molar-refractivity contribution in [2.24, 2.45) is 0 Å². The van der Waals surface area contributed by atoms with Crippen molar-refractivity contribution in [1.82, 2.24) is 9.55 Å². The van der Waals surface area contributed by atoms with Crippen molar-refractivity contribution >= 4 is 22.5 Å². The third kappa shape index (κ3) is 3.38. The lowest BCUT2D eigenvalue weighted by Crippen LogP contribution is -2.25. The van der Waals surface area contributed by atoms with Gasteiger partial charge in [-0.25, -0.2) is 4.98 Å². The normalized spacial score (nSPS) is 11.1. The largest absolute Gasteiger partial charge is 0.381 e. The van der Waals surface area contributed by atoms with Gasteiger partial charge in [0.2, 0.25) is 0 Å². The van der Waals surface area contributed by atoms with Crippen LogP contribution in [-0.4, -0.2) is 22.8 Å². The minimum absolute atomic E-state index is 0.0262. The molecule has 0 bridgehead atoms. The molecule has 0 aliphatic heterocycles. The summed E-state index contributed by atoms with van der Waals surface area (Å²) >= 11 is 5.91. The Kier molecular flexibility index (Phi) is 5.56. The van der Waals surface area contributed by atoms with Crippen LogP contribution in [0.3, 0.4) is 0 Å². The Morgan fingerprint density at radius 2 is 2.10 bits per heavy atom. The van der Waals surface area contributed by atoms with E-state index < -0.39 is 0 Å². The van der Waals surface area contributed by atoms with E-state index in [0.29, 0.717) is 29.9 Å². The van der Waals surface area contributed by atoms with E-state index in [2.05, 4.69) is 11.9 Å². The van der Waals surface area contributed by atoms with Gasteiger partial charge in [0.15, 0.2) is 0 Å². The van der Waals surface area contributed by atoms with Crippen LogP contribution in [-0.2, 0) is 17.2 Å². The average molecular weight is 295 g/mol. The van der Waals surface area contributed by atoms with Gasteiger partial charge in [-0.3, -0.25) is 9.36 Å². The topological polar surface area (TPSA) is 44.1 Å². The smallest absolute Gasteiger partial charge is 0.261 e. The van der Waals surface area contributed by atoms with E-state index in [9.17, 15) is 4.79 Å². The van der Waals surface area contributed by atoms with Crippen molar-refractivity contribution in [3.05, 3.63) is 40.4 Å². The minimum Gasteiger partial charge on any atom is -0.381 e. The Bertz CT molecular complexity index is 625. The number of alkyl halides is 1. The highest BCUT2D eigenvalue weighted by atomic mass is 35.5. The number of ether oxygens (including phenoxy) is 1. The van der Waals surface area contributed by atoms with Crippen LogP contribution in [0.2, 0.25) is 0 Å². The number of para-hydroxylation sites is 1. The number of fused-ring (bicyclic) bond motifs is 1. The van der Waals surface area contributed by atoms with Crippen molar-refractivity contribution in [2.45, 2.75) is 32.2 Å². The van der Waals surface area contributed by atoms with E-state index >= 15 is 0 Å². The van der Waals surface area contributed by atoms with Gasteiger partial charge in [-0.1, -0.05) is 19.1 Å². The molecule has 1 heterocycles. The van der Waals surface area contributed by atoms with E-state index in [0.717, 1.165) is 19.4 Å². The second-order valence-corrected chi connectivity index (χ2v) is 4.87. The van der Waals surface area contributed by atoms with E-state index in [4.69, 9.17) is 16.3 Å². The molecule has 2 aromatic rings. The Labute approximate surface area is 123 Å². The third-order valence-corrected chi connectivity index (χ3v) is 3.32. The van der Waals surface area contributed by atoms with Crippen LogP contribution in [0.5, 0.6) is 0 Å². The summed E-state index contributed by atoms with van der Waals surface area (Å²) in [4.78, 5) is 16.9. The van der Waals surface area contributed by atoms with Crippen LogP contribution < -0.4 is 5.56 Å². The minimum atomic E-state index is -0.0262. The summed E-state index contributed by atoms with van der Waals surface area (Å²) in [6.45, 7) is 4.06. The highest BCUT2D eigenvalue weighted by molar-refractivity contribution is 6.16. The van der Waals surface area contributed by atoms with Gasteiger partial charge in [-0.2, -0.15) is 0 Å². The number of rotatable bonds is 7. The van der Waals surface area contributed by atoms with Crippen LogP contribution in [0.15, 0.2) is 29.1 Å². The van der Waals surface area contributed by atoms with Gasteiger partial charge in [0, 0.05) is 19.8 Å². The molecule has 0 saturated heterocycles. The Morgan fingerprint density at radius 1 is 1.30 bits per heavy atom. The molecule has 108 valence electrons. The fraction of sp³-hybridized carbons (Fsp3) is 0.467. The van der Waals surface area contributed by atoms with Crippen molar-refractivity contribution in [3.63, 3.8) is 0 Å². The van der Waals surface area contributed by atoms with Crippen LogP contribution in [0.4, 0.5) is 0 Å². The maximum Gasteiger partial charge on any atom is 0.261 e. The molecular weight excluding hydrogens is 276 g/mol. The van der Waals surface area contributed by atoms with Gasteiger partial charge in [-0.15, -0.1) is 11.6 Å². The van der Waals surface area contributed by atoms with Crippen molar-refractivity contribution < 1.29 is 4.74 Å². The number of hydrogen-bond acceptors (Lipinski definition) is 3. The second-order valence-electron chi connectivity index (χ2n) is 4.60. The summed E-state index contributed by atoms with van der Waals surface area (Å²) in [7, 11) is 0. The van der Waals surface area contributed by atoms with E-state index in [1.54, 1.807) is 10.6 Å². The van der Waals surface area contributed by atoms with E-state index in [1.165, 1.54) is 0 Å². The Morgan fingerprint density at radius 3 is 2.85 bits per heavy atom. The highest BCUT2D eigenvalue weighted by Crippen LogP contribution is 2.09. The molecule has 20 heavy (non-hydrogen) atoms. The molecule has 0 spiro atoms. The average Bonchev–Trinajstić information content (AvgIpc) is 2.48. The molecule has 0 radical (unpaired) electrons. The first kappa shape index (κ1) is 15.0. The molecule has 0 amide bonds. The molecule has 0 atom stereocenters. The first-order chi connectivity index (χ1) is 9.77. The highest BCUT2D eigenvalue weighted by Gasteiger charge is 2.09. The maximum atomic E-state index is 12.5.